The van der Waals surface area contributed by atoms with Crippen molar-refractivity contribution in [3.63, 3.8) is 0 Å². The van der Waals surface area contributed by atoms with Crippen LogP contribution in [-0.4, -0.2) is 42.3 Å². The molecule has 6 heteroatoms. The van der Waals surface area contributed by atoms with Crippen LogP contribution in [0.4, 0.5) is 0 Å². The predicted octanol–water partition coefficient (Wildman–Crippen LogP) is 2.46. The van der Waals surface area contributed by atoms with Gasteiger partial charge in [0.15, 0.2) is 17.6 Å². The number of carbonyl (C=O) groups excluding carboxylic acids is 1. The van der Waals surface area contributed by atoms with Gasteiger partial charge < -0.3 is 18.9 Å². The molecule has 3 rings (SSSR count). The van der Waals surface area contributed by atoms with Crippen LogP contribution < -0.4 is 9.47 Å². The number of para-hydroxylation sites is 2. The third-order valence-corrected chi connectivity index (χ3v) is 3.86. The van der Waals surface area contributed by atoms with Gasteiger partial charge in [0.1, 0.15) is 17.9 Å². The lowest BCUT2D eigenvalue weighted by Crippen LogP contribution is -2.42. The molecule has 6 nitrogen and oxygen atoms in total. The Hall–Kier alpha value is -2.50. The molecular formula is C17H20N2O4. The highest BCUT2D eigenvalue weighted by molar-refractivity contribution is 5.96. The van der Waals surface area contributed by atoms with Crippen LogP contribution in [-0.2, 0) is 6.42 Å². The summed E-state index contributed by atoms with van der Waals surface area (Å²) in [5.74, 6) is 1.95. The number of amides is 1. The molecule has 1 atom stereocenters. The van der Waals surface area contributed by atoms with Gasteiger partial charge in [0, 0.05) is 13.5 Å². The highest BCUT2D eigenvalue weighted by Crippen LogP contribution is 2.31. The summed E-state index contributed by atoms with van der Waals surface area (Å²) in [5, 5.41) is 3.89. The van der Waals surface area contributed by atoms with E-state index in [0.29, 0.717) is 42.3 Å². The summed E-state index contributed by atoms with van der Waals surface area (Å²) in [6, 6.07) is 7.53. The molecule has 0 saturated carbocycles. The summed E-state index contributed by atoms with van der Waals surface area (Å²) in [7, 11) is 1.75. The lowest BCUT2D eigenvalue weighted by molar-refractivity contribution is 0.0519. The van der Waals surface area contributed by atoms with Gasteiger partial charge in [-0.05, 0) is 19.1 Å². The van der Waals surface area contributed by atoms with Gasteiger partial charge in [0.05, 0.1) is 12.2 Å². The maximum Gasteiger partial charge on any atom is 0.259 e. The molecule has 2 heterocycles. The number of hydrogen-bond acceptors (Lipinski definition) is 5. The molecule has 23 heavy (non-hydrogen) atoms. The van der Waals surface area contributed by atoms with Crippen molar-refractivity contribution in [3.05, 3.63) is 41.3 Å². The van der Waals surface area contributed by atoms with E-state index < -0.39 is 0 Å². The second kappa shape index (κ2) is 6.32. The molecule has 0 fully saturated rings. The average molecular weight is 316 g/mol. The third-order valence-electron chi connectivity index (χ3n) is 3.86. The summed E-state index contributed by atoms with van der Waals surface area (Å²) >= 11 is 0. The fraction of sp³-hybridized carbons (Fsp3) is 0.412. The van der Waals surface area contributed by atoms with Gasteiger partial charge >= 0.3 is 0 Å². The first-order valence-corrected chi connectivity index (χ1v) is 7.69. The number of benzene rings is 1. The van der Waals surface area contributed by atoms with Crippen molar-refractivity contribution in [1.82, 2.24) is 10.1 Å². The zero-order chi connectivity index (χ0) is 16.4. The summed E-state index contributed by atoms with van der Waals surface area (Å²) in [6.07, 6.45) is 0.427. The first kappa shape index (κ1) is 15.4. The minimum absolute atomic E-state index is 0.108. The van der Waals surface area contributed by atoms with Crippen LogP contribution >= 0.6 is 0 Å². The van der Waals surface area contributed by atoms with E-state index in [4.69, 9.17) is 14.0 Å². The number of aromatic nitrogens is 1. The van der Waals surface area contributed by atoms with Crippen LogP contribution in [0.5, 0.6) is 11.5 Å². The van der Waals surface area contributed by atoms with Gasteiger partial charge in [-0.15, -0.1) is 0 Å². The highest BCUT2D eigenvalue weighted by Gasteiger charge is 2.27. The summed E-state index contributed by atoms with van der Waals surface area (Å²) in [6.45, 7) is 4.56. The Morgan fingerprint density at radius 1 is 1.35 bits per heavy atom. The van der Waals surface area contributed by atoms with Crippen LogP contribution in [0.3, 0.4) is 0 Å². The summed E-state index contributed by atoms with van der Waals surface area (Å²) in [4.78, 5) is 14.3. The average Bonchev–Trinajstić information content (AvgIpc) is 2.94. The van der Waals surface area contributed by atoms with Crippen molar-refractivity contribution in [2.75, 3.05) is 20.2 Å². The Bertz CT molecular complexity index is 710. The van der Waals surface area contributed by atoms with E-state index in [0.717, 1.165) is 5.75 Å². The van der Waals surface area contributed by atoms with Crippen molar-refractivity contribution in [2.24, 2.45) is 0 Å². The lowest BCUT2D eigenvalue weighted by atomic mass is 10.1. The number of aryl methyl sites for hydroxylation is 2. The number of carbonyl (C=O) groups is 1. The molecule has 0 bridgehead atoms. The number of ether oxygens (including phenoxy) is 2. The largest absolute Gasteiger partial charge is 0.486 e. The van der Waals surface area contributed by atoms with Crippen LogP contribution in [0.2, 0.25) is 0 Å². The molecule has 1 aromatic carbocycles. The molecule has 1 aliphatic rings. The van der Waals surface area contributed by atoms with Gasteiger partial charge in [-0.2, -0.15) is 0 Å². The minimum Gasteiger partial charge on any atom is -0.486 e. The van der Waals surface area contributed by atoms with Crippen LogP contribution in [0.1, 0.15) is 28.7 Å². The van der Waals surface area contributed by atoms with E-state index >= 15 is 0 Å². The minimum atomic E-state index is -0.205. The molecule has 0 saturated heterocycles. The zero-order valence-electron chi connectivity index (χ0n) is 13.5. The highest BCUT2D eigenvalue weighted by atomic mass is 16.6. The third kappa shape index (κ3) is 3.02. The quantitative estimate of drug-likeness (QED) is 0.867. The molecule has 1 unspecified atom stereocenters. The number of nitrogens with zero attached hydrogens (tertiary/aromatic N) is 2. The van der Waals surface area contributed by atoms with Gasteiger partial charge in [-0.25, -0.2) is 0 Å². The molecule has 1 amide bonds. The Labute approximate surface area is 135 Å². The van der Waals surface area contributed by atoms with Crippen LogP contribution in [0.25, 0.3) is 0 Å². The molecule has 0 N–H and O–H groups in total. The normalized spacial score (nSPS) is 16.2. The second-order valence-electron chi connectivity index (χ2n) is 5.60. The van der Waals surface area contributed by atoms with E-state index in [-0.39, 0.29) is 12.0 Å². The van der Waals surface area contributed by atoms with Gasteiger partial charge in [-0.1, -0.05) is 24.2 Å². The van der Waals surface area contributed by atoms with Crippen molar-refractivity contribution < 1.29 is 18.8 Å². The molecule has 1 aromatic heterocycles. The van der Waals surface area contributed by atoms with E-state index in [1.165, 1.54) is 0 Å². The maximum absolute atomic E-state index is 12.7. The zero-order valence-corrected chi connectivity index (χ0v) is 13.5. The Balaban J connectivity index is 1.69. The standard InChI is InChI=1S/C17H20N2O4/c1-4-13-16(11(2)18-23-13)17(20)19(3)9-12-10-21-14-7-5-6-8-15(14)22-12/h5-8,12H,4,9-10H2,1-3H3. The topological polar surface area (TPSA) is 64.8 Å². The SMILES string of the molecule is CCc1onc(C)c1C(=O)N(C)CC1COc2ccccc2O1. The van der Waals surface area contributed by atoms with Gasteiger partial charge in [-0.3, -0.25) is 4.79 Å². The van der Waals surface area contributed by atoms with E-state index in [9.17, 15) is 4.79 Å². The van der Waals surface area contributed by atoms with Crippen LogP contribution in [0.15, 0.2) is 28.8 Å². The Kier molecular flexibility index (Phi) is 4.23. The molecule has 0 radical (unpaired) electrons. The smallest absolute Gasteiger partial charge is 0.259 e. The van der Waals surface area contributed by atoms with E-state index in [1.54, 1.807) is 18.9 Å². The number of fused-ring (bicyclic) bond motifs is 1. The monoisotopic (exact) mass is 316 g/mol. The first-order chi connectivity index (χ1) is 11.1. The number of likely N-dealkylation sites (N-methyl/N-ethyl adjacent to an activating group) is 1. The fourth-order valence-electron chi connectivity index (χ4n) is 2.66. The van der Waals surface area contributed by atoms with E-state index in [1.807, 2.05) is 31.2 Å². The molecule has 0 spiro atoms. The molecule has 122 valence electrons. The van der Waals surface area contributed by atoms with Gasteiger partial charge in [0.2, 0.25) is 0 Å². The fourth-order valence-corrected chi connectivity index (χ4v) is 2.66. The van der Waals surface area contributed by atoms with Gasteiger partial charge in [0.25, 0.3) is 5.91 Å². The predicted molar refractivity (Wildman–Crippen MR) is 83.9 cm³/mol. The number of rotatable bonds is 4. The summed E-state index contributed by atoms with van der Waals surface area (Å²) in [5.41, 5.74) is 1.16. The Morgan fingerprint density at radius 3 is 2.83 bits per heavy atom. The molecular weight excluding hydrogens is 296 g/mol. The molecule has 0 aliphatic carbocycles. The molecule has 2 aromatic rings. The molecule has 1 aliphatic heterocycles. The lowest BCUT2D eigenvalue weighted by Gasteiger charge is -2.29. The van der Waals surface area contributed by atoms with Crippen molar-refractivity contribution >= 4 is 5.91 Å². The maximum atomic E-state index is 12.7. The van der Waals surface area contributed by atoms with Crippen molar-refractivity contribution in [3.8, 4) is 11.5 Å². The van der Waals surface area contributed by atoms with E-state index in [2.05, 4.69) is 5.16 Å². The van der Waals surface area contributed by atoms with Crippen molar-refractivity contribution in [1.29, 1.82) is 0 Å². The van der Waals surface area contributed by atoms with Crippen molar-refractivity contribution in [2.45, 2.75) is 26.4 Å². The number of hydrogen-bond donors (Lipinski definition) is 0. The first-order valence-electron chi connectivity index (χ1n) is 7.69. The summed E-state index contributed by atoms with van der Waals surface area (Å²) < 4.78 is 16.8. The second-order valence-corrected chi connectivity index (χ2v) is 5.60. The Morgan fingerprint density at radius 2 is 2.09 bits per heavy atom. The van der Waals surface area contributed by atoms with Crippen LogP contribution in [0, 0.1) is 6.92 Å².